The van der Waals surface area contributed by atoms with Gasteiger partial charge in [0, 0.05) is 5.54 Å². The zero-order valence-corrected chi connectivity index (χ0v) is 15.0. The molecule has 1 aromatic rings. The standard InChI is InChI=1S/C19H25N3O4/c1-26-15-2-3-16(17(7-15)22(24)25)21-18(23)11-20-19-8-12-4-13(9-19)6-14(5-12)10-19/h2-3,7,12-14,20H,4-6,8-11H2,1H3,(H,21,23). The lowest BCUT2D eigenvalue weighted by molar-refractivity contribution is -0.384. The molecular formula is C19H25N3O4. The molecule has 1 aromatic carbocycles. The molecule has 4 bridgehead atoms. The smallest absolute Gasteiger partial charge is 0.296 e. The Bertz CT molecular complexity index is 698. The maximum Gasteiger partial charge on any atom is 0.296 e. The number of nitrogens with one attached hydrogen (secondary N) is 2. The number of hydrogen-bond donors (Lipinski definition) is 2. The van der Waals surface area contributed by atoms with E-state index in [0.29, 0.717) is 5.75 Å². The number of anilines is 1. The zero-order valence-electron chi connectivity index (χ0n) is 15.0. The second-order valence-electron chi connectivity index (χ2n) is 8.24. The molecule has 0 radical (unpaired) electrons. The van der Waals surface area contributed by atoms with Crippen molar-refractivity contribution in [1.82, 2.24) is 5.32 Å². The van der Waals surface area contributed by atoms with Crippen molar-refractivity contribution in [2.75, 3.05) is 19.0 Å². The molecule has 0 heterocycles. The first kappa shape index (κ1) is 17.3. The van der Waals surface area contributed by atoms with Gasteiger partial charge in [0.2, 0.25) is 5.91 Å². The van der Waals surface area contributed by atoms with Crippen molar-refractivity contribution in [3.63, 3.8) is 0 Å². The number of benzene rings is 1. The van der Waals surface area contributed by atoms with Crippen molar-refractivity contribution in [3.8, 4) is 5.75 Å². The minimum Gasteiger partial charge on any atom is -0.496 e. The number of nitro groups is 1. The number of hydrogen-bond acceptors (Lipinski definition) is 5. The van der Waals surface area contributed by atoms with Gasteiger partial charge in [0.05, 0.1) is 24.6 Å². The first-order valence-electron chi connectivity index (χ1n) is 9.34. The number of carbonyl (C=O) groups excluding carboxylic acids is 1. The van der Waals surface area contributed by atoms with E-state index in [1.54, 1.807) is 6.07 Å². The average molecular weight is 359 g/mol. The molecule has 7 nitrogen and oxygen atoms in total. The lowest BCUT2D eigenvalue weighted by Crippen LogP contribution is -2.59. The topological polar surface area (TPSA) is 93.5 Å². The van der Waals surface area contributed by atoms with Crippen LogP contribution in [0.15, 0.2) is 18.2 Å². The average Bonchev–Trinajstić information content (AvgIpc) is 2.59. The summed E-state index contributed by atoms with van der Waals surface area (Å²) >= 11 is 0. The fourth-order valence-electron chi connectivity index (χ4n) is 5.68. The van der Waals surface area contributed by atoms with Crippen LogP contribution in [0.4, 0.5) is 11.4 Å². The molecule has 4 aliphatic rings. The third-order valence-electron chi connectivity index (χ3n) is 6.34. The van der Waals surface area contributed by atoms with Gasteiger partial charge in [-0.1, -0.05) is 0 Å². The van der Waals surface area contributed by atoms with E-state index in [4.69, 9.17) is 4.74 Å². The lowest BCUT2D eigenvalue weighted by Gasteiger charge is -2.57. The minimum absolute atomic E-state index is 0.0952. The molecule has 0 aliphatic heterocycles. The minimum atomic E-state index is -0.509. The summed E-state index contributed by atoms with van der Waals surface area (Å²) < 4.78 is 5.02. The van der Waals surface area contributed by atoms with E-state index >= 15 is 0 Å². The Balaban J connectivity index is 1.40. The Morgan fingerprint density at radius 1 is 1.23 bits per heavy atom. The maximum atomic E-state index is 12.4. The molecule has 7 heteroatoms. The van der Waals surface area contributed by atoms with E-state index in [-0.39, 0.29) is 29.4 Å². The predicted octanol–water partition coefficient (Wildman–Crippen LogP) is 3.10. The number of ether oxygens (including phenoxy) is 1. The van der Waals surface area contributed by atoms with Gasteiger partial charge in [-0.3, -0.25) is 14.9 Å². The van der Waals surface area contributed by atoms with E-state index in [9.17, 15) is 14.9 Å². The van der Waals surface area contributed by atoms with Crippen LogP contribution in [0.2, 0.25) is 0 Å². The van der Waals surface area contributed by atoms with Crippen molar-refractivity contribution in [2.24, 2.45) is 17.8 Å². The first-order chi connectivity index (χ1) is 12.5. The second kappa shape index (κ2) is 6.54. The molecule has 140 valence electrons. The van der Waals surface area contributed by atoms with Gasteiger partial charge >= 0.3 is 0 Å². The first-order valence-corrected chi connectivity index (χ1v) is 9.34. The molecule has 5 rings (SSSR count). The van der Waals surface area contributed by atoms with Crippen molar-refractivity contribution in [3.05, 3.63) is 28.3 Å². The highest BCUT2D eigenvalue weighted by Gasteiger charge is 2.50. The Morgan fingerprint density at radius 2 is 1.85 bits per heavy atom. The highest BCUT2D eigenvalue weighted by Crippen LogP contribution is 2.55. The summed E-state index contributed by atoms with van der Waals surface area (Å²) in [5.41, 5.74) is 0.137. The summed E-state index contributed by atoms with van der Waals surface area (Å²) in [6.07, 6.45) is 7.54. The molecular weight excluding hydrogens is 334 g/mol. The van der Waals surface area contributed by atoms with Crippen LogP contribution < -0.4 is 15.4 Å². The van der Waals surface area contributed by atoms with Crippen molar-refractivity contribution in [2.45, 2.75) is 44.1 Å². The molecule has 4 fully saturated rings. The van der Waals surface area contributed by atoms with Crippen LogP contribution in [0.25, 0.3) is 0 Å². The highest BCUT2D eigenvalue weighted by atomic mass is 16.6. The summed E-state index contributed by atoms with van der Waals surface area (Å²) in [6.45, 7) is 0.190. The van der Waals surface area contributed by atoms with Gasteiger partial charge in [-0.2, -0.15) is 0 Å². The fraction of sp³-hybridized carbons (Fsp3) is 0.632. The van der Waals surface area contributed by atoms with E-state index in [1.807, 2.05) is 0 Å². The summed E-state index contributed by atoms with van der Waals surface area (Å²) in [7, 11) is 1.45. The van der Waals surface area contributed by atoms with E-state index in [1.165, 1.54) is 38.5 Å². The summed E-state index contributed by atoms with van der Waals surface area (Å²) in [5, 5.41) is 17.4. The summed E-state index contributed by atoms with van der Waals surface area (Å²) in [4.78, 5) is 23.1. The van der Waals surface area contributed by atoms with Crippen LogP contribution in [-0.2, 0) is 4.79 Å². The Hall–Kier alpha value is -2.15. The fourth-order valence-corrected chi connectivity index (χ4v) is 5.68. The van der Waals surface area contributed by atoms with Crippen molar-refractivity contribution in [1.29, 1.82) is 0 Å². The number of amides is 1. The second-order valence-corrected chi connectivity index (χ2v) is 8.24. The van der Waals surface area contributed by atoms with Gasteiger partial charge in [-0.25, -0.2) is 0 Å². The number of rotatable bonds is 6. The quantitative estimate of drug-likeness (QED) is 0.601. The van der Waals surface area contributed by atoms with Crippen molar-refractivity contribution < 1.29 is 14.5 Å². The molecule has 0 aromatic heterocycles. The molecule has 0 saturated heterocycles. The molecule has 0 spiro atoms. The Kier molecular flexibility index (Phi) is 4.34. The number of carbonyl (C=O) groups is 1. The maximum absolute atomic E-state index is 12.4. The highest BCUT2D eigenvalue weighted by molar-refractivity contribution is 5.94. The molecule has 26 heavy (non-hydrogen) atoms. The molecule has 0 unspecified atom stereocenters. The monoisotopic (exact) mass is 359 g/mol. The SMILES string of the molecule is COc1ccc(NC(=O)CNC23CC4CC(CC(C4)C2)C3)c([N+](=O)[O-])c1. The number of nitrogens with zero attached hydrogens (tertiary/aromatic N) is 1. The van der Waals surface area contributed by atoms with E-state index in [2.05, 4.69) is 10.6 Å². The van der Waals surface area contributed by atoms with Crippen LogP contribution in [0.5, 0.6) is 5.75 Å². The summed E-state index contributed by atoms with van der Waals surface area (Å²) in [6, 6.07) is 4.44. The molecule has 4 aliphatic carbocycles. The number of methoxy groups -OCH3 is 1. The van der Waals surface area contributed by atoms with Crippen LogP contribution >= 0.6 is 0 Å². The molecule has 1 amide bonds. The number of nitro benzene ring substituents is 1. The largest absolute Gasteiger partial charge is 0.496 e. The lowest BCUT2D eigenvalue weighted by atomic mass is 9.53. The molecule has 2 N–H and O–H groups in total. The van der Waals surface area contributed by atoms with Gasteiger partial charge in [0.15, 0.2) is 0 Å². The van der Waals surface area contributed by atoms with Gasteiger partial charge in [-0.15, -0.1) is 0 Å². The van der Waals surface area contributed by atoms with Crippen LogP contribution in [-0.4, -0.2) is 30.0 Å². The van der Waals surface area contributed by atoms with E-state index in [0.717, 1.165) is 37.0 Å². The van der Waals surface area contributed by atoms with E-state index < -0.39 is 4.92 Å². The van der Waals surface area contributed by atoms with Gasteiger partial charge in [-0.05, 0) is 68.4 Å². The van der Waals surface area contributed by atoms with Crippen LogP contribution in [0.3, 0.4) is 0 Å². The molecule has 0 atom stereocenters. The third-order valence-corrected chi connectivity index (χ3v) is 6.34. The predicted molar refractivity (Wildman–Crippen MR) is 97.2 cm³/mol. The van der Waals surface area contributed by atoms with Crippen LogP contribution in [0, 0.1) is 27.9 Å². The Labute approximate surface area is 152 Å². The normalized spacial score (nSPS) is 31.7. The molecule has 4 saturated carbocycles. The van der Waals surface area contributed by atoms with Crippen LogP contribution in [0.1, 0.15) is 38.5 Å². The third kappa shape index (κ3) is 3.28. The van der Waals surface area contributed by atoms with Gasteiger partial charge < -0.3 is 15.4 Å². The summed E-state index contributed by atoms with van der Waals surface area (Å²) in [5.74, 6) is 2.56. The Morgan fingerprint density at radius 3 is 2.38 bits per heavy atom. The van der Waals surface area contributed by atoms with Crippen molar-refractivity contribution >= 4 is 17.3 Å². The van der Waals surface area contributed by atoms with Gasteiger partial charge in [0.1, 0.15) is 11.4 Å². The van der Waals surface area contributed by atoms with Gasteiger partial charge in [0.25, 0.3) is 5.69 Å². The zero-order chi connectivity index (χ0) is 18.3.